The summed E-state index contributed by atoms with van der Waals surface area (Å²) in [5, 5.41) is 0. The Balaban J connectivity index is 1.35. The van der Waals surface area contributed by atoms with Crippen LogP contribution < -0.4 is 0 Å². The van der Waals surface area contributed by atoms with Gasteiger partial charge in [-0.05, 0) is 56.3 Å². The Morgan fingerprint density at radius 1 is 0.850 bits per heavy atom. The van der Waals surface area contributed by atoms with Gasteiger partial charge >= 0.3 is 0 Å². The van der Waals surface area contributed by atoms with Gasteiger partial charge in [-0.25, -0.2) is 0 Å². The SMILES string of the molecule is CC(C)C1CCC(CN2CCN(C3CCC3)CC2)CC1. The summed E-state index contributed by atoms with van der Waals surface area (Å²) in [5.74, 6) is 2.92. The Morgan fingerprint density at radius 3 is 2.00 bits per heavy atom. The van der Waals surface area contributed by atoms with Crippen molar-refractivity contribution in [3.63, 3.8) is 0 Å². The van der Waals surface area contributed by atoms with Gasteiger partial charge in [-0.3, -0.25) is 4.90 Å². The fraction of sp³-hybridized carbons (Fsp3) is 1.00. The third kappa shape index (κ3) is 3.57. The van der Waals surface area contributed by atoms with Crippen molar-refractivity contribution in [3.05, 3.63) is 0 Å². The monoisotopic (exact) mass is 278 g/mol. The molecule has 20 heavy (non-hydrogen) atoms. The van der Waals surface area contributed by atoms with E-state index in [4.69, 9.17) is 0 Å². The van der Waals surface area contributed by atoms with Crippen molar-refractivity contribution in [3.8, 4) is 0 Å². The van der Waals surface area contributed by atoms with E-state index < -0.39 is 0 Å². The van der Waals surface area contributed by atoms with Gasteiger partial charge in [-0.1, -0.05) is 20.3 Å². The Kier molecular flexibility index (Phi) is 5.04. The molecular weight excluding hydrogens is 244 g/mol. The standard InChI is InChI=1S/C18H34N2/c1-15(2)17-8-6-16(7-9-17)14-19-10-12-20(13-11-19)18-4-3-5-18/h15-18H,3-14H2,1-2H3. The minimum Gasteiger partial charge on any atom is -0.301 e. The first-order chi connectivity index (χ1) is 9.72. The summed E-state index contributed by atoms with van der Waals surface area (Å²) in [7, 11) is 0. The highest BCUT2D eigenvalue weighted by atomic mass is 15.3. The van der Waals surface area contributed by atoms with Crippen molar-refractivity contribution >= 4 is 0 Å². The first-order valence-corrected chi connectivity index (χ1v) is 9.19. The molecule has 0 radical (unpaired) electrons. The molecule has 0 aromatic heterocycles. The predicted octanol–water partition coefficient (Wildman–Crippen LogP) is 3.62. The maximum Gasteiger partial charge on any atom is 0.0113 e. The van der Waals surface area contributed by atoms with E-state index in [0.717, 1.165) is 23.8 Å². The molecule has 2 nitrogen and oxygen atoms in total. The molecule has 2 aliphatic carbocycles. The molecule has 3 fully saturated rings. The Morgan fingerprint density at radius 2 is 1.50 bits per heavy atom. The first-order valence-electron chi connectivity index (χ1n) is 9.19. The Labute approximate surface area is 125 Å². The zero-order chi connectivity index (χ0) is 13.9. The minimum atomic E-state index is 0.905. The van der Waals surface area contributed by atoms with Crippen LogP contribution in [0.1, 0.15) is 58.8 Å². The zero-order valence-corrected chi connectivity index (χ0v) is 13.7. The van der Waals surface area contributed by atoms with Crippen LogP contribution in [0.5, 0.6) is 0 Å². The normalized spacial score (nSPS) is 34.4. The quantitative estimate of drug-likeness (QED) is 0.775. The second-order valence-corrected chi connectivity index (χ2v) is 7.95. The van der Waals surface area contributed by atoms with Crippen molar-refractivity contribution < 1.29 is 0 Å². The molecule has 3 rings (SSSR count). The van der Waals surface area contributed by atoms with Gasteiger partial charge in [-0.2, -0.15) is 0 Å². The van der Waals surface area contributed by atoms with E-state index in [-0.39, 0.29) is 0 Å². The molecule has 1 saturated heterocycles. The van der Waals surface area contributed by atoms with Crippen LogP contribution in [-0.4, -0.2) is 48.6 Å². The molecule has 0 unspecified atom stereocenters. The lowest BCUT2D eigenvalue weighted by Gasteiger charge is -2.44. The van der Waals surface area contributed by atoms with E-state index in [9.17, 15) is 0 Å². The summed E-state index contributed by atoms with van der Waals surface area (Å²) in [6, 6.07) is 0.957. The molecule has 0 bridgehead atoms. The number of piperazine rings is 1. The third-order valence-electron chi connectivity index (χ3n) is 6.35. The van der Waals surface area contributed by atoms with E-state index in [1.54, 1.807) is 0 Å². The van der Waals surface area contributed by atoms with Crippen molar-refractivity contribution in [2.24, 2.45) is 17.8 Å². The lowest BCUT2D eigenvalue weighted by Crippen LogP contribution is -2.53. The van der Waals surface area contributed by atoms with Crippen LogP contribution in [0.4, 0.5) is 0 Å². The average molecular weight is 278 g/mol. The van der Waals surface area contributed by atoms with Crippen molar-refractivity contribution in [1.82, 2.24) is 9.80 Å². The topological polar surface area (TPSA) is 6.48 Å². The molecule has 0 N–H and O–H groups in total. The molecule has 1 aliphatic heterocycles. The van der Waals surface area contributed by atoms with Crippen LogP contribution in [0.3, 0.4) is 0 Å². The molecule has 0 amide bonds. The first kappa shape index (κ1) is 14.8. The van der Waals surface area contributed by atoms with Gasteiger partial charge < -0.3 is 4.90 Å². The summed E-state index contributed by atoms with van der Waals surface area (Å²) in [6.07, 6.45) is 10.4. The molecule has 3 aliphatic rings. The van der Waals surface area contributed by atoms with E-state index in [2.05, 4.69) is 23.6 Å². The molecular formula is C18H34N2. The third-order valence-corrected chi connectivity index (χ3v) is 6.35. The van der Waals surface area contributed by atoms with Gasteiger partial charge in [-0.15, -0.1) is 0 Å². The van der Waals surface area contributed by atoms with E-state index >= 15 is 0 Å². The van der Waals surface area contributed by atoms with Gasteiger partial charge in [0.15, 0.2) is 0 Å². The number of nitrogens with zero attached hydrogens (tertiary/aromatic N) is 2. The number of hydrogen-bond acceptors (Lipinski definition) is 2. The molecule has 0 aromatic carbocycles. The lowest BCUT2D eigenvalue weighted by molar-refractivity contribution is 0.0496. The Hall–Kier alpha value is -0.0800. The number of hydrogen-bond donors (Lipinski definition) is 0. The Bertz CT molecular complexity index is 282. The smallest absolute Gasteiger partial charge is 0.0113 e. The molecule has 2 heteroatoms. The van der Waals surface area contributed by atoms with Crippen molar-refractivity contribution in [1.29, 1.82) is 0 Å². The highest BCUT2D eigenvalue weighted by Gasteiger charge is 2.29. The highest BCUT2D eigenvalue weighted by molar-refractivity contribution is 4.85. The molecule has 1 heterocycles. The van der Waals surface area contributed by atoms with E-state index in [0.29, 0.717) is 0 Å². The minimum absolute atomic E-state index is 0.905. The van der Waals surface area contributed by atoms with Crippen LogP contribution in [0.2, 0.25) is 0 Å². The lowest BCUT2D eigenvalue weighted by atomic mass is 9.77. The van der Waals surface area contributed by atoms with E-state index in [1.807, 2.05) is 0 Å². The van der Waals surface area contributed by atoms with Gasteiger partial charge in [0.05, 0.1) is 0 Å². The summed E-state index contributed by atoms with van der Waals surface area (Å²) >= 11 is 0. The summed E-state index contributed by atoms with van der Waals surface area (Å²) < 4.78 is 0. The zero-order valence-electron chi connectivity index (χ0n) is 13.7. The largest absolute Gasteiger partial charge is 0.301 e. The van der Waals surface area contributed by atoms with Crippen LogP contribution >= 0.6 is 0 Å². The van der Waals surface area contributed by atoms with Gasteiger partial charge in [0.2, 0.25) is 0 Å². The van der Waals surface area contributed by atoms with Crippen LogP contribution in [0.15, 0.2) is 0 Å². The van der Waals surface area contributed by atoms with E-state index in [1.165, 1.54) is 77.7 Å². The van der Waals surface area contributed by atoms with Gasteiger partial charge in [0.1, 0.15) is 0 Å². The molecule has 116 valence electrons. The fourth-order valence-electron chi connectivity index (χ4n) is 4.47. The summed E-state index contributed by atoms with van der Waals surface area (Å²) in [4.78, 5) is 5.52. The maximum atomic E-state index is 2.76. The van der Waals surface area contributed by atoms with Crippen LogP contribution in [0.25, 0.3) is 0 Å². The second-order valence-electron chi connectivity index (χ2n) is 7.95. The van der Waals surface area contributed by atoms with Crippen molar-refractivity contribution in [2.75, 3.05) is 32.7 Å². The second kappa shape index (κ2) is 6.79. The molecule has 0 atom stereocenters. The van der Waals surface area contributed by atoms with Crippen LogP contribution in [-0.2, 0) is 0 Å². The average Bonchev–Trinajstić information content (AvgIpc) is 2.39. The molecule has 2 saturated carbocycles. The highest BCUT2D eigenvalue weighted by Crippen LogP contribution is 2.34. The predicted molar refractivity (Wildman–Crippen MR) is 85.9 cm³/mol. The molecule has 0 spiro atoms. The van der Waals surface area contributed by atoms with Crippen LogP contribution in [0, 0.1) is 17.8 Å². The molecule has 0 aromatic rings. The van der Waals surface area contributed by atoms with Crippen molar-refractivity contribution in [2.45, 2.75) is 64.8 Å². The number of rotatable bonds is 4. The van der Waals surface area contributed by atoms with Gasteiger partial charge in [0, 0.05) is 38.8 Å². The summed E-state index contributed by atoms with van der Waals surface area (Å²) in [6.45, 7) is 11.6. The fourth-order valence-corrected chi connectivity index (χ4v) is 4.47. The van der Waals surface area contributed by atoms with Gasteiger partial charge in [0.25, 0.3) is 0 Å². The maximum absolute atomic E-state index is 2.76. The summed E-state index contributed by atoms with van der Waals surface area (Å²) in [5.41, 5.74) is 0.